The lowest BCUT2D eigenvalue weighted by Crippen LogP contribution is -2.44. The average Bonchev–Trinajstić information content (AvgIpc) is 2.99. The minimum absolute atomic E-state index is 0.209. The molecule has 0 amide bonds. The average molecular weight is 537 g/mol. The van der Waals surface area contributed by atoms with Crippen molar-refractivity contribution in [2.75, 3.05) is 56.9 Å². The number of halogens is 1. The van der Waals surface area contributed by atoms with Gasteiger partial charge in [-0.1, -0.05) is 48.5 Å². The van der Waals surface area contributed by atoms with Crippen LogP contribution in [0.2, 0.25) is 0 Å². The summed E-state index contributed by atoms with van der Waals surface area (Å²) in [7, 11) is 2.19. The highest BCUT2D eigenvalue weighted by atomic mass is 19.1. The van der Waals surface area contributed by atoms with Gasteiger partial charge in [0.2, 0.25) is 5.95 Å². The molecule has 7 heteroatoms. The number of fused-ring (bicyclic) bond motifs is 3. The van der Waals surface area contributed by atoms with Crippen LogP contribution in [0.4, 0.5) is 16.0 Å². The van der Waals surface area contributed by atoms with Crippen LogP contribution in [0.25, 0.3) is 11.3 Å². The number of likely N-dealkylation sites (N-methyl/N-ethyl adjacent to an activating group) is 1. The Labute approximate surface area is 236 Å². The molecule has 1 aliphatic heterocycles. The summed E-state index contributed by atoms with van der Waals surface area (Å²) in [6.07, 6.45) is 3.95. The molecule has 1 atom stereocenters. The highest BCUT2D eigenvalue weighted by molar-refractivity contribution is 5.72. The molecule has 0 spiro atoms. The molecule has 0 saturated carbocycles. The number of rotatable bonds is 9. The summed E-state index contributed by atoms with van der Waals surface area (Å²) < 4.78 is 13.5. The Balaban J connectivity index is 1.11. The van der Waals surface area contributed by atoms with Crippen molar-refractivity contribution in [3.8, 4) is 11.3 Å². The lowest BCUT2D eigenvalue weighted by molar-refractivity contribution is 0.154. The second-order valence-corrected chi connectivity index (χ2v) is 10.9. The van der Waals surface area contributed by atoms with E-state index in [1.165, 1.54) is 28.3 Å². The Morgan fingerprint density at radius 2 is 1.75 bits per heavy atom. The lowest BCUT2D eigenvalue weighted by Gasteiger charge is -2.32. The molecule has 1 unspecified atom stereocenters. The largest absolute Gasteiger partial charge is 0.381 e. The molecule has 2 N–H and O–H groups in total. The fourth-order valence-corrected chi connectivity index (χ4v) is 5.78. The summed E-state index contributed by atoms with van der Waals surface area (Å²) in [5.41, 5.74) is 7.91. The quantitative estimate of drug-likeness (QED) is 0.270. The molecule has 1 saturated heterocycles. The van der Waals surface area contributed by atoms with Crippen molar-refractivity contribution in [1.82, 2.24) is 19.8 Å². The van der Waals surface area contributed by atoms with Crippen LogP contribution in [0.1, 0.15) is 34.6 Å². The van der Waals surface area contributed by atoms with E-state index in [1.54, 1.807) is 12.1 Å². The number of hydrogen-bond acceptors (Lipinski definition) is 6. The lowest BCUT2D eigenvalue weighted by atomic mass is 9.78. The normalized spacial score (nSPS) is 17.2. The van der Waals surface area contributed by atoms with E-state index in [0.717, 1.165) is 69.1 Å². The first kappa shape index (κ1) is 26.4. The SMILES string of the molecule is CN1CCN(CCCNc2ncc3c(n2)-c2ccccc2C(c2ccc(NCc4cccc(F)c4)cc2)C3)CC1. The molecule has 6 rings (SSSR count). The summed E-state index contributed by atoms with van der Waals surface area (Å²) in [5.74, 6) is 0.741. The summed E-state index contributed by atoms with van der Waals surface area (Å²) >= 11 is 0. The van der Waals surface area contributed by atoms with Gasteiger partial charge in [0.25, 0.3) is 0 Å². The van der Waals surface area contributed by atoms with Crippen LogP contribution in [0.15, 0.2) is 79.0 Å². The van der Waals surface area contributed by atoms with Gasteiger partial charge >= 0.3 is 0 Å². The first-order valence-corrected chi connectivity index (χ1v) is 14.3. The molecule has 2 aliphatic rings. The molecule has 1 fully saturated rings. The molecule has 3 aromatic carbocycles. The van der Waals surface area contributed by atoms with E-state index in [0.29, 0.717) is 12.5 Å². The van der Waals surface area contributed by atoms with Gasteiger partial charge in [-0.05, 0) is 73.0 Å². The highest BCUT2D eigenvalue weighted by Crippen LogP contribution is 2.42. The maximum atomic E-state index is 13.5. The monoisotopic (exact) mass is 536 g/mol. The Hall–Kier alpha value is -3.81. The fourth-order valence-electron chi connectivity index (χ4n) is 5.78. The van der Waals surface area contributed by atoms with Gasteiger partial charge < -0.3 is 20.4 Å². The zero-order valence-electron chi connectivity index (χ0n) is 23.1. The Kier molecular flexibility index (Phi) is 8.02. The first-order chi connectivity index (χ1) is 19.6. The second-order valence-electron chi connectivity index (χ2n) is 10.9. The number of aromatic nitrogens is 2. The van der Waals surface area contributed by atoms with Crippen LogP contribution in [-0.4, -0.2) is 66.1 Å². The minimum atomic E-state index is -0.209. The smallest absolute Gasteiger partial charge is 0.223 e. The van der Waals surface area contributed by atoms with Crippen LogP contribution >= 0.6 is 0 Å². The van der Waals surface area contributed by atoms with Crippen molar-refractivity contribution < 1.29 is 4.39 Å². The molecular formula is C33H37FN6. The van der Waals surface area contributed by atoms with E-state index in [-0.39, 0.29) is 11.7 Å². The third-order valence-electron chi connectivity index (χ3n) is 8.11. The molecular weight excluding hydrogens is 499 g/mol. The van der Waals surface area contributed by atoms with Crippen LogP contribution < -0.4 is 10.6 Å². The third kappa shape index (κ3) is 6.16. The van der Waals surface area contributed by atoms with Crippen LogP contribution in [0, 0.1) is 5.82 Å². The molecule has 0 bridgehead atoms. The summed E-state index contributed by atoms with van der Waals surface area (Å²) in [6.45, 7) is 7.17. The standard InChI is InChI=1S/C33H37FN6/c1-39-16-18-40(19-17-39)15-5-14-35-33-37-23-26-21-31(29-8-2-3-9-30(29)32(26)38-33)25-10-12-28(13-11-25)36-22-24-6-4-7-27(34)20-24/h2-4,6-13,20,23,31,36H,5,14-19,21-22H2,1H3,(H,35,37,38). The number of hydrogen-bond donors (Lipinski definition) is 2. The zero-order valence-corrected chi connectivity index (χ0v) is 23.1. The molecule has 4 aromatic rings. The van der Waals surface area contributed by atoms with Crippen molar-refractivity contribution in [2.24, 2.45) is 0 Å². The van der Waals surface area contributed by atoms with Crippen LogP contribution in [0.3, 0.4) is 0 Å². The zero-order chi connectivity index (χ0) is 27.3. The van der Waals surface area contributed by atoms with Gasteiger partial charge in [0.05, 0.1) is 5.69 Å². The van der Waals surface area contributed by atoms with E-state index in [9.17, 15) is 4.39 Å². The van der Waals surface area contributed by atoms with E-state index in [1.807, 2.05) is 12.3 Å². The number of nitrogens with one attached hydrogen (secondary N) is 2. The Morgan fingerprint density at radius 1 is 0.925 bits per heavy atom. The van der Waals surface area contributed by atoms with E-state index in [2.05, 4.69) is 81.0 Å². The van der Waals surface area contributed by atoms with Gasteiger partial charge in [-0.2, -0.15) is 0 Å². The Morgan fingerprint density at radius 3 is 2.58 bits per heavy atom. The van der Waals surface area contributed by atoms with Gasteiger partial charge in [0.15, 0.2) is 0 Å². The molecule has 1 aromatic heterocycles. The number of piperazine rings is 1. The number of anilines is 2. The van der Waals surface area contributed by atoms with Crippen molar-refractivity contribution in [1.29, 1.82) is 0 Å². The van der Waals surface area contributed by atoms with Gasteiger partial charge in [-0.15, -0.1) is 0 Å². The van der Waals surface area contributed by atoms with E-state index < -0.39 is 0 Å². The topological polar surface area (TPSA) is 56.3 Å². The van der Waals surface area contributed by atoms with Gasteiger partial charge in [-0.3, -0.25) is 0 Å². The fraction of sp³-hybridized carbons (Fsp3) is 0.333. The van der Waals surface area contributed by atoms with E-state index in [4.69, 9.17) is 4.98 Å². The molecule has 1 aliphatic carbocycles. The maximum Gasteiger partial charge on any atom is 0.223 e. The Bertz CT molecular complexity index is 1430. The van der Waals surface area contributed by atoms with E-state index >= 15 is 0 Å². The van der Waals surface area contributed by atoms with Crippen LogP contribution in [0.5, 0.6) is 0 Å². The molecule has 2 heterocycles. The molecule has 6 nitrogen and oxygen atoms in total. The van der Waals surface area contributed by atoms with Crippen molar-refractivity contribution in [2.45, 2.75) is 25.3 Å². The molecule has 40 heavy (non-hydrogen) atoms. The van der Waals surface area contributed by atoms with Crippen molar-refractivity contribution in [3.05, 3.63) is 107 Å². The van der Waals surface area contributed by atoms with Gasteiger partial charge in [0, 0.05) is 62.6 Å². The summed E-state index contributed by atoms with van der Waals surface area (Å²) in [4.78, 5) is 14.6. The predicted octanol–water partition coefficient (Wildman–Crippen LogP) is 5.63. The first-order valence-electron chi connectivity index (χ1n) is 14.3. The van der Waals surface area contributed by atoms with Crippen LogP contribution in [-0.2, 0) is 13.0 Å². The predicted molar refractivity (Wildman–Crippen MR) is 160 cm³/mol. The highest BCUT2D eigenvalue weighted by Gasteiger charge is 2.27. The number of nitrogens with zero attached hydrogens (tertiary/aromatic N) is 4. The minimum Gasteiger partial charge on any atom is -0.381 e. The molecule has 0 radical (unpaired) electrons. The maximum absolute atomic E-state index is 13.5. The van der Waals surface area contributed by atoms with Crippen molar-refractivity contribution >= 4 is 11.6 Å². The second kappa shape index (κ2) is 12.1. The van der Waals surface area contributed by atoms with Gasteiger partial charge in [-0.25, -0.2) is 14.4 Å². The summed E-state index contributed by atoms with van der Waals surface area (Å²) in [5, 5.41) is 6.87. The third-order valence-corrected chi connectivity index (χ3v) is 8.11. The van der Waals surface area contributed by atoms with Crippen molar-refractivity contribution in [3.63, 3.8) is 0 Å². The summed E-state index contributed by atoms with van der Waals surface area (Å²) in [6, 6.07) is 23.9. The number of benzene rings is 3. The molecule has 206 valence electrons. The van der Waals surface area contributed by atoms with Gasteiger partial charge in [0.1, 0.15) is 5.82 Å².